The van der Waals surface area contributed by atoms with Gasteiger partial charge in [-0.05, 0) is 31.2 Å². The van der Waals surface area contributed by atoms with Crippen molar-refractivity contribution in [3.05, 3.63) is 60.2 Å². The van der Waals surface area contributed by atoms with E-state index in [-0.39, 0.29) is 0 Å². The predicted octanol–water partition coefficient (Wildman–Crippen LogP) is 3.83. The zero-order valence-corrected chi connectivity index (χ0v) is 14.2. The monoisotopic (exact) mass is 322 g/mol. The molecule has 2 aromatic rings. The van der Waals surface area contributed by atoms with Gasteiger partial charge in [0.15, 0.2) is 46.5 Å². The highest BCUT2D eigenvalue weighted by Gasteiger charge is 2.21. The molecule has 0 saturated heterocycles. The van der Waals surface area contributed by atoms with Crippen LogP contribution in [-0.2, 0) is 23.6 Å². The fourth-order valence-corrected chi connectivity index (χ4v) is 6.90. The van der Waals surface area contributed by atoms with E-state index in [1.807, 2.05) is 6.07 Å². The summed E-state index contributed by atoms with van der Waals surface area (Å²) in [5.74, 6) is 0. The SMILES string of the molecule is Cc1ccc([P+](=S)CC[P+](=S)c2ccccc2)cc1. The summed E-state index contributed by atoms with van der Waals surface area (Å²) < 4.78 is 0. The van der Waals surface area contributed by atoms with Crippen LogP contribution in [0.5, 0.6) is 0 Å². The first-order valence-electron chi connectivity index (χ1n) is 6.18. The summed E-state index contributed by atoms with van der Waals surface area (Å²) in [5, 5.41) is 2.61. The van der Waals surface area contributed by atoms with Gasteiger partial charge < -0.3 is 0 Å². The molecule has 0 N–H and O–H groups in total. The Morgan fingerprint density at radius 2 is 1.21 bits per heavy atom. The molecule has 0 saturated carbocycles. The lowest BCUT2D eigenvalue weighted by Gasteiger charge is -1.93. The Balaban J connectivity index is 1.94. The minimum absolute atomic E-state index is 0.472. The van der Waals surface area contributed by atoms with Crippen molar-refractivity contribution >= 4 is 47.6 Å². The van der Waals surface area contributed by atoms with Crippen molar-refractivity contribution in [2.75, 3.05) is 12.3 Å². The second kappa shape index (κ2) is 7.31. The molecular weight excluding hydrogens is 306 g/mol. The van der Waals surface area contributed by atoms with Gasteiger partial charge in [-0.25, -0.2) is 0 Å². The molecule has 4 heteroatoms. The third-order valence-electron chi connectivity index (χ3n) is 2.87. The molecule has 0 aliphatic heterocycles. The molecule has 2 rings (SSSR count). The molecule has 2 aromatic carbocycles. The average molecular weight is 322 g/mol. The summed E-state index contributed by atoms with van der Waals surface area (Å²) in [6.45, 7) is 1.15. The lowest BCUT2D eigenvalue weighted by molar-refractivity contribution is 1.48. The van der Waals surface area contributed by atoms with Gasteiger partial charge in [-0.2, -0.15) is 0 Å². The maximum Gasteiger partial charge on any atom is 0.216 e. The van der Waals surface area contributed by atoms with E-state index in [1.54, 1.807) is 0 Å². The molecule has 0 bridgehead atoms. The topological polar surface area (TPSA) is 0 Å². The number of hydrogen-bond acceptors (Lipinski definition) is 2. The van der Waals surface area contributed by atoms with Crippen molar-refractivity contribution < 1.29 is 0 Å². The Morgan fingerprint density at radius 3 is 1.74 bits per heavy atom. The zero-order chi connectivity index (χ0) is 13.7. The highest BCUT2D eigenvalue weighted by Crippen LogP contribution is 2.27. The second-order valence-electron chi connectivity index (χ2n) is 4.38. The first-order valence-corrected chi connectivity index (χ1v) is 11.3. The second-order valence-corrected chi connectivity index (χ2v) is 10.5. The van der Waals surface area contributed by atoms with Crippen LogP contribution >= 0.6 is 13.4 Å². The fourth-order valence-electron chi connectivity index (χ4n) is 1.75. The molecule has 2 unspecified atom stereocenters. The normalized spacial score (nSPS) is 12.1. The molecule has 0 aliphatic rings. The smallest absolute Gasteiger partial charge is 0.0619 e. The Morgan fingerprint density at radius 1 is 0.737 bits per heavy atom. The van der Waals surface area contributed by atoms with Crippen LogP contribution < -0.4 is 10.6 Å². The fraction of sp³-hybridized carbons (Fsp3) is 0.200. The Labute approximate surface area is 127 Å². The van der Waals surface area contributed by atoms with E-state index in [0.717, 1.165) is 12.3 Å². The van der Waals surface area contributed by atoms with Crippen molar-refractivity contribution in [3.63, 3.8) is 0 Å². The largest absolute Gasteiger partial charge is 0.216 e. The van der Waals surface area contributed by atoms with Crippen molar-refractivity contribution in [3.8, 4) is 0 Å². The van der Waals surface area contributed by atoms with Gasteiger partial charge in [0.2, 0.25) is 13.4 Å². The maximum atomic E-state index is 5.64. The minimum Gasteiger partial charge on any atom is -0.0619 e. The Bertz CT molecular complexity index is 577. The van der Waals surface area contributed by atoms with Crippen LogP contribution in [0, 0.1) is 6.92 Å². The van der Waals surface area contributed by atoms with Gasteiger partial charge in [0, 0.05) is 0 Å². The molecular formula is C15H16P2S2+2. The van der Waals surface area contributed by atoms with Crippen molar-refractivity contribution in [1.82, 2.24) is 0 Å². The third kappa shape index (κ3) is 4.51. The molecule has 19 heavy (non-hydrogen) atoms. The highest BCUT2D eigenvalue weighted by atomic mass is 32.4. The van der Waals surface area contributed by atoms with Gasteiger partial charge in [-0.3, -0.25) is 0 Å². The van der Waals surface area contributed by atoms with Crippen LogP contribution in [0.25, 0.3) is 0 Å². The molecule has 0 radical (unpaired) electrons. The van der Waals surface area contributed by atoms with Gasteiger partial charge in [0.25, 0.3) is 0 Å². The van der Waals surface area contributed by atoms with E-state index in [0.29, 0.717) is 0 Å². The first kappa shape index (κ1) is 14.9. The molecule has 0 heterocycles. The summed E-state index contributed by atoms with van der Waals surface area (Å²) in [7, 11) is 0. The van der Waals surface area contributed by atoms with Crippen LogP contribution in [0.1, 0.15) is 5.56 Å². The van der Waals surface area contributed by atoms with E-state index < -0.39 is 13.4 Å². The third-order valence-corrected chi connectivity index (χ3v) is 8.59. The van der Waals surface area contributed by atoms with E-state index in [9.17, 15) is 0 Å². The van der Waals surface area contributed by atoms with Crippen LogP contribution in [-0.4, -0.2) is 12.3 Å². The van der Waals surface area contributed by atoms with Crippen molar-refractivity contribution in [2.24, 2.45) is 0 Å². The van der Waals surface area contributed by atoms with Crippen LogP contribution in [0.4, 0.5) is 0 Å². The van der Waals surface area contributed by atoms with Crippen molar-refractivity contribution in [1.29, 1.82) is 0 Å². The average Bonchev–Trinajstić information content (AvgIpc) is 2.46. The molecule has 0 fully saturated rings. The van der Waals surface area contributed by atoms with Crippen LogP contribution in [0.2, 0.25) is 0 Å². The summed E-state index contributed by atoms with van der Waals surface area (Å²) >= 11 is 11.3. The van der Waals surface area contributed by atoms with Gasteiger partial charge in [0.1, 0.15) is 0 Å². The molecule has 0 nitrogen and oxygen atoms in total. The molecule has 0 spiro atoms. The first-order chi connectivity index (χ1) is 9.16. The summed E-state index contributed by atoms with van der Waals surface area (Å²) in [6.07, 6.45) is 2.11. The van der Waals surface area contributed by atoms with Crippen LogP contribution in [0.15, 0.2) is 54.6 Å². The van der Waals surface area contributed by atoms with Gasteiger partial charge in [-0.1, -0.05) is 35.9 Å². The number of rotatable bonds is 5. The minimum atomic E-state index is -0.478. The molecule has 96 valence electrons. The van der Waals surface area contributed by atoms with Gasteiger partial charge >= 0.3 is 0 Å². The van der Waals surface area contributed by atoms with E-state index >= 15 is 0 Å². The zero-order valence-electron chi connectivity index (χ0n) is 10.8. The Hall–Kier alpha value is -0.520. The lowest BCUT2D eigenvalue weighted by Crippen LogP contribution is -2.02. The molecule has 0 amide bonds. The number of hydrogen-bond donors (Lipinski definition) is 0. The van der Waals surface area contributed by atoms with Crippen LogP contribution in [0.3, 0.4) is 0 Å². The van der Waals surface area contributed by atoms with E-state index in [4.69, 9.17) is 23.6 Å². The quantitative estimate of drug-likeness (QED) is 0.767. The van der Waals surface area contributed by atoms with E-state index in [2.05, 4.69) is 55.5 Å². The van der Waals surface area contributed by atoms with Gasteiger partial charge in [-0.15, -0.1) is 0 Å². The predicted molar refractivity (Wildman–Crippen MR) is 95.2 cm³/mol. The molecule has 0 aromatic heterocycles. The number of benzene rings is 2. The summed E-state index contributed by atoms with van der Waals surface area (Å²) in [4.78, 5) is 0. The Kier molecular flexibility index (Phi) is 5.73. The molecule has 0 aliphatic carbocycles. The standard InChI is InChI=1S/C15H16P2S2/c1-13-7-9-15(10-8-13)17(19)12-11-16(18)14-5-3-2-4-6-14/h2-10H,11-12H2,1H3/q+2. The summed E-state index contributed by atoms with van der Waals surface area (Å²) in [5.41, 5.74) is 1.29. The van der Waals surface area contributed by atoms with Gasteiger partial charge in [0.05, 0.1) is 0 Å². The lowest BCUT2D eigenvalue weighted by atomic mass is 10.2. The van der Waals surface area contributed by atoms with E-state index in [1.165, 1.54) is 16.2 Å². The molecule has 2 atom stereocenters. The van der Waals surface area contributed by atoms with Crippen molar-refractivity contribution in [2.45, 2.75) is 6.92 Å². The highest BCUT2D eigenvalue weighted by molar-refractivity contribution is 8.10. The number of aryl methyl sites for hydroxylation is 1. The maximum absolute atomic E-state index is 5.64. The summed E-state index contributed by atoms with van der Waals surface area (Å²) in [6, 6.07) is 19.1.